The van der Waals surface area contributed by atoms with Crippen LogP contribution >= 0.6 is 0 Å². The smallest absolute Gasteiger partial charge is 0.0662 e. The van der Waals surface area contributed by atoms with Gasteiger partial charge in [0.1, 0.15) is 0 Å². The summed E-state index contributed by atoms with van der Waals surface area (Å²) < 4.78 is 5.28. The van der Waals surface area contributed by atoms with E-state index in [2.05, 4.69) is 33.9 Å². The molecular weight excluding hydrogens is 180 g/mol. The third kappa shape index (κ3) is 41.5. The lowest BCUT2D eigenvalue weighted by atomic mass is 10.3. The normalized spacial score (nSPS) is 8.43. The van der Waals surface area contributed by atoms with Crippen LogP contribution in [-0.2, 0) is 4.74 Å². The number of aliphatic hydroxyl groups is 2. The first-order valence-electron chi connectivity index (χ1n) is 5.02. The molecule has 0 heterocycles. The Morgan fingerprint density at radius 1 is 1.14 bits per heavy atom. The van der Waals surface area contributed by atoms with Crippen LogP contribution in [0.15, 0.2) is 13.2 Å². The van der Waals surface area contributed by atoms with Crippen molar-refractivity contribution >= 4 is 0 Å². The van der Waals surface area contributed by atoms with Gasteiger partial charge in [0.2, 0.25) is 0 Å². The number of hydrogen-bond acceptors (Lipinski definition) is 3. The number of hydrogen-bond donors (Lipinski definition) is 2. The van der Waals surface area contributed by atoms with E-state index in [0.717, 1.165) is 6.61 Å². The summed E-state index contributed by atoms with van der Waals surface area (Å²) in [5, 5.41) is 15.2. The fraction of sp³-hybridized carbons (Fsp3) is 0.818. The first kappa shape index (κ1) is 19.2. The molecule has 0 aromatic heterocycles. The zero-order valence-corrected chi connectivity index (χ0v) is 9.83. The van der Waals surface area contributed by atoms with Gasteiger partial charge in [-0.05, 0) is 20.3 Å². The highest BCUT2D eigenvalue weighted by Crippen LogP contribution is 1.91. The molecule has 0 rings (SSSR count). The molecule has 14 heavy (non-hydrogen) atoms. The Labute approximate surface area is 88.4 Å². The molecule has 0 spiro atoms. The van der Waals surface area contributed by atoms with Crippen molar-refractivity contribution < 1.29 is 14.9 Å². The molecule has 0 fully saturated rings. The Morgan fingerprint density at radius 2 is 1.57 bits per heavy atom. The van der Waals surface area contributed by atoms with Crippen LogP contribution in [-0.4, -0.2) is 36.1 Å². The monoisotopic (exact) mass is 206 g/mol. The summed E-state index contributed by atoms with van der Waals surface area (Å²) in [5.41, 5.74) is 0. The van der Waals surface area contributed by atoms with Gasteiger partial charge in [0.25, 0.3) is 0 Å². The van der Waals surface area contributed by atoms with Gasteiger partial charge < -0.3 is 14.9 Å². The molecular formula is C11H26O3. The standard InChI is InChI=1S/C7H16O.C2H6O2.C2H4/c1-4-5-6-8-7(2)3;3-1-2-4;1-2/h7H,4-6H2,1-3H3;3-4H,1-2H2;1-2H2. The number of unbranched alkanes of at least 4 members (excludes halogenated alkanes) is 1. The van der Waals surface area contributed by atoms with Gasteiger partial charge in [-0.2, -0.15) is 0 Å². The molecule has 3 nitrogen and oxygen atoms in total. The second kappa shape index (κ2) is 22.9. The second-order valence-corrected chi connectivity index (χ2v) is 2.72. The Hall–Kier alpha value is -0.380. The van der Waals surface area contributed by atoms with E-state index in [1.54, 1.807) is 0 Å². The lowest BCUT2D eigenvalue weighted by Crippen LogP contribution is -2.02. The molecule has 0 saturated carbocycles. The summed E-state index contributed by atoms with van der Waals surface area (Å²) >= 11 is 0. The molecule has 0 atom stereocenters. The molecule has 0 aliphatic heterocycles. The highest BCUT2D eigenvalue weighted by molar-refractivity contribution is 4.36. The molecule has 0 aliphatic rings. The minimum atomic E-state index is -0.125. The van der Waals surface area contributed by atoms with Gasteiger partial charge in [0.05, 0.1) is 19.3 Å². The molecule has 2 N–H and O–H groups in total. The molecule has 88 valence electrons. The van der Waals surface area contributed by atoms with E-state index in [1.807, 2.05) is 0 Å². The third-order valence-corrected chi connectivity index (χ3v) is 1.05. The molecule has 3 heteroatoms. The predicted molar refractivity (Wildman–Crippen MR) is 61.4 cm³/mol. The minimum Gasteiger partial charge on any atom is -0.394 e. The first-order chi connectivity index (χ1) is 6.68. The SMILES string of the molecule is C=C.CCCCOC(C)C.OCCO. The van der Waals surface area contributed by atoms with E-state index in [4.69, 9.17) is 14.9 Å². The largest absolute Gasteiger partial charge is 0.394 e. The van der Waals surface area contributed by atoms with Crippen molar-refractivity contribution in [2.45, 2.75) is 39.7 Å². The van der Waals surface area contributed by atoms with Crippen molar-refractivity contribution in [1.82, 2.24) is 0 Å². The van der Waals surface area contributed by atoms with Crippen LogP contribution in [0.1, 0.15) is 33.6 Å². The van der Waals surface area contributed by atoms with Crippen molar-refractivity contribution in [3.05, 3.63) is 13.2 Å². The van der Waals surface area contributed by atoms with Gasteiger partial charge in [-0.25, -0.2) is 0 Å². The summed E-state index contributed by atoms with van der Waals surface area (Å²) in [7, 11) is 0. The minimum absolute atomic E-state index is 0.125. The molecule has 0 unspecified atom stereocenters. The molecule has 0 amide bonds. The number of aliphatic hydroxyl groups excluding tert-OH is 2. The van der Waals surface area contributed by atoms with Crippen LogP contribution in [0.4, 0.5) is 0 Å². The van der Waals surface area contributed by atoms with Crippen molar-refractivity contribution in [3.63, 3.8) is 0 Å². The maximum Gasteiger partial charge on any atom is 0.0662 e. The van der Waals surface area contributed by atoms with Gasteiger partial charge in [-0.3, -0.25) is 0 Å². The van der Waals surface area contributed by atoms with E-state index >= 15 is 0 Å². The van der Waals surface area contributed by atoms with Gasteiger partial charge in [0, 0.05) is 6.61 Å². The van der Waals surface area contributed by atoms with Crippen LogP contribution < -0.4 is 0 Å². The molecule has 0 aromatic rings. The van der Waals surface area contributed by atoms with Crippen molar-refractivity contribution in [2.75, 3.05) is 19.8 Å². The molecule has 0 bridgehead atoms. The van der Waals surface area contributed by atoms with Crippen LogP contribution in [0.3, 0.4) is 0 Å². The van der Waals surface area contributed by atoms with E-state index in [1.165, 1.54) is 12.8 Å². The van der Waals surface area contributed by atoms with Gasteiger partial charge in [-0.15, -0.1) is 13.2 Å². The number of ether oxygens (including phenoxy) is 1. The van der Waals surface area contributed by atoms with E-state index in [9.17, 15) is 0 Å². The van der Waals surface area contributed by atoms with Crippen LogP contribution in [0.25, 0.3) is 0 Å². The molecule has 0 aromatic carbocycles. The Balaban J connectivity index is -0.000000170. The van der Waals surface area contributed by atoms with Crippen molar-refractivity contribution in [1.29, 1.82) is 0 Å². The molecule has 0 saturated heterocycles. The van der Waals surface area contributed by atoms with Gasteiger partial charge in [0.15, 0.2) is 0 Å². The summed E-state index contributed by atoms with van der Waals surface area (Å²) in [4.78, 5) is 0. The van der Waals surface area contributed by atoms with Crippen LogP contribution in [0.5, 0.6) is 0 Å². The average molecular weight is 206 g/mol. The first-order valence-corrected chi connectivity index (χ1v) is 5.02. The van der Waals surface area contributed by atoms with E-state index in [0.29, 0.717) is 6.10 Å². The summed E-state index contributed by atoms with van der Waals surface area (Å²) in [6.07, 6.45) is 2.83. The lowest BCUT2D eigenvalue weighted by Gasteiger charge is -2.04. The highest BCUT2D eigenvalue weighted by Gasteiger charge is 1.89. The van der Waals surface area contributed by atoms with Gasteiger partial charge >= 0.3 is 0 Å². The maximum atomic E-state index is 7.62. The summed E-state index contributed by atoms with van der Waals surface area (Å²) in [6, 6.07) is 0. The van der Waals surface area contributed by atoms with E-state index in [-0.39, 0.29) is 13.2 Å². The maximum absolute atomic E-state index is 7.62. The Morgan fingerprint density at radius 3 is 1.79 bits per heavy atom. The zero-order valence-electron chi connectivity index (χ0n) is 9.83. The van der Waals surface area contributed by atoms with Crippen LogP contribution in [0, 0.1) is 0 Å². The van der Waals surface area contributed by atoms with Gasteiger partial charge in [-0.1, -0.05) is 13.3 Å². The fourth-order valence-electron chi connectivity index (χ4n) is 0.463. The average Bonchev–Trinajstić information content (AvgIpc) is 2.21. The fourth-order valence-corrected chi connectivity index (χ4v) is 0.463. The summed E-state index contributed by atoms with van der Waals surface area (Å²) in [5.74, 6) is 0. The lowest BCUT2D eigenvalue weighted by molar-refractivity contribution is 0.0767. The molecule has 0 aliphatic carbocycles. The Kier molecular flexibility index (Phi) is 31.5. The highest BCUT2D eigenvalue weighted by atomic mass is 16.5. The molecule has 0 radical (unpaired) electrons. The third-order valence-electron chi connectivity index (χ3n) is 1.05. The predicted octanol–water partition coefficient (Wildman–Crippen LogP) is 1.98. The van der Waals surface area contributed by atoms with E-state index < -0.39 is 0 Å². The number of rotatable bonds is 5. The topological polar surface area (TPSA) is 49.7 Å². The Bertz CT molecular complexity index is 72.9. The summed E-state index contributed by atoms with van der Waals surface area (Å²) in [6.45, 7) is 13.0. The van der Waals surface area contributed by atoms with Crippen LogP contribution in [0.2, 0.25) is 0 Å². The second-order valence-electron chi connectivity index (χ2n) is 2.72. The van der Waals surface area contributed by atoms with Crippen molar-refractivity contribution in [2.24, 2.45) is 0 Å². The zero-order chi connectivity index (χ0) is 11.8. The van der Waals surface area contributed by atoms with Crippen molar-refractivity contribution in [3.8, 4) is 0 Å². The quantitative estimate of drug-likeness (QED) is 0.534.